The lowest BCUT2D eigenvalue weighted by Crippen LogP contribution is -2.21. The zero-order chi connectivity index (χ0) is 8.04. The molecule has 0 saturated carbocycles. The van der Waals surface area contributed by atoms with Gasteiger partial charge in [-0.15, -0.1) is 0 Å². The summed E-state index contributed by atoms with van der Waals surface area (Å²) in [6, 6.07) is 1.29. The van der Waals surface area contributed by atoms with E-state index in [0.29, 0.717) is 0 Å². The normalized spacial score (nSPS) is 13.2. The van der Waals surface area contributed by atoms with E-state index in [4.69, 9.17) is 4.43 Å². The lowest BCUT2D eigenvalue weighted by Gasteiger charge is -2.19. The molecule has 0 bridgehead atoms. The van der Waals surface area contributed by atoms with Gasteiger partial charge in [-0.1, -0.05) is 15.9 Å². The van der Waals surface area contributed by atoms with Gasteiger partial charge in [-0.3, -0.25) is 0 Å². The number of rotatable bonds is 4. The van der Waals surface area contributed by atoms with Crippen LogP contribution in [0.2, 0.25) is 6.04 Å². The van der Waals surface area contributed by atoms with Crippen LogP contribution in [-0.4, -0.2) is 20.7 Å². The van der Waals surface area contributed by atoms with E-state index in [-0.39, 0.29) is 15.4 Å². The van der Waals surface area contributed by atoms with Crippen LogP contribution in [-0.2, 0) is 4.43 Å². The summed E-state index contributed by atoms with van der Waals surface area (Å²) in [4.78, 5) is 0. The summed E-state index contributed by atoms with van der Waals surface area (Å²) in [6.45, 7) is 6.36. The van der Waals surface area contributed by atoms with Crippen LogP contribution in [0.25, 0.3) is 0 Å². The highest BCUT2D eigenvalue weighted by atomic mass is 79.9. The van der Waals surface area contributed by atoms with Gasteiger partial charge < -0.3 is 4.43 Å². The zero-order valence-electron chi connectivity index (χ0n) is 7.11. The van der Waals surface area contributed by atoms with Crippen LogP contribution in [0.5, 0.6) is 0 Å². The summed E-state index contributed by atoms with van der Waals surface area (Å²) in [5, 5.41) is 1.12. The van der Waals surface area contributed by atoms with Crippen molar-refractivity contribution in [2.75, 3.05) is 5.33 Å². The van der Waals surface area contributed by atoms with E-state index in [1.807, 2.05) is 0 Å². The Bertz CT molecular complexity index is 80.2. The molecule has 0 unspecified atom stereocenters. The maximum absolute atomic E-state index is 5.65. The maximum atomic E-state index is 5.65. The molecule has 0 saturated heterocycles. The first kappa shape index (κ1) is 10.7. The molecule has 0 aromatic heterocycles. The standard InChI is InChI=1S/C7H17BrOSi/c1-7(2,3)9-10-6-4-5-8/h4-6,10H2,1-3H3. The molecule has 0 fully saturated rings. The summed E-state index contributed by atoms with van der Waals surface area (Å²) < 4.78 is 5.65. The third-order valence-electron chi connectivity index (χ3n) is 1.06. The molecule has 0 spiro atoms. The predicted octanol–water partition coefficient (Wildman–Crippen LogP) is 2.09. The van der Waals surface area contributed by atoms with Crippen molar-refractivity contribution in [3.8, 4) is 0 Å². The fourth-order valence-corrected chi connectivity index (χ4v) is 2.91. The molecule has 0 aliphatic rings. The molecule has 0 aromatic rings. The topological polar surface area (TPSA) is 9.23 Å². The molecule has 0 aliphatic carbocycles. The molecule has 0 rings (SSSR count). The molecule has 3 heteroatoms. The minimum atomic E-state index is -0.234. The number of alkyl halides is 1. The van der Waals surface area contributed by atoms with Gasteiger partial charge in [-0.05, 0) is 33.2 Å². The summed E-state index contributed by atoms with van der Waals surface area (Å²) in [6.07, 6.45) is 1.27. The zero-order valence-corrected chi connectivity index (χ0v) is 10.1. The molecule has 62 valence electrons. The van der Waals surface area contributed by atoms with Crippen LogP contribution in [0.4, 0.5) is 0 Å². The van der Waals surface area contributed by atoms with Gasteiger partial charge in [0.1, 0.15) is 0 Å². The molecular formula is C7H17BrOSi. The Balaban J connectivity index is 3.04. The Morgan fingerprint density at radius 1 is 1.40 bits per heavy atom. The molecular weight excluding hydrogens is 208 g/mol. The second-order valence-electron chi connectivity index (χ2n) is 3.36. The average molecular weight is 225 g/mol. The van der Waals surface area contributed by atoms with Gasteiger partial charge in [0, 0.05) is 10.9 Å². The third-order valence-corrected chi connectivity index (χ3v) is 3.48. The Kier molecular flexibility index (Phi) is 5.68. The van der Waals surface area contributed by atoms with Crippen LogP contribution in [0.15, 0.2) is 0 Å². The first-order valence-electron chi connectivity index (χ1n) is 3.76. The largest absolute Gasteiger partial charge is 0.419 e. The van der Waals surface area contributed by atoms with Gasteiger partial charge in [-0.25, -0.2) is 0 Å². The summed E-state index contributed by atoms with van der Waals surface area (Å²) >= 11 is 3.40. The SMILES string of the molecule is CC(C)(C)O[SiH2]CCCBr. The van der Waals surface area contributed by atoms with Crippen LogP contribution < -0.4 is 0 Å². The highest BCUT2D eigenvalue weighted by Gasteiger charge is 2.07. The average Bonchev–Trinajstić information content (AvgIpc) is 1.78. The molecule has 0 aromatic carbocycles. The van der Waals surface area contributed by atoms with E-state index >= 15 is 0 Å². The van der Waals surface area contributed by atoms with E-state index in [1.54, 1.807) is 0 Å². The quantitative estimate of drug-likeness (QED) is 0.404. The maximum Gasteiger partial charge on any atom is 0.162 e. The molecule has 1 nitrogen and oxygen atoms in total. The van der Waals surface area contributed by atoms with Crippen LogP contribution in [0.3, 0.4) is 0 Å². The molecule has 0 aliphatic heterocycles. The molecule has 0 N–H and O–H groups in total. The highest BCUT2D eigenvalue weighted by Crippen LogP contribution is 2.06. The van der Waals surface area contributed by atoms with Gasteiger partial charge >= 0.3 is 0 Å². The van der Waals surface area contributed by atoms with Crippen molar-refractivity contribution in [2.45, 2.75) is 38.8 Å². The van der Waals surface area contributed by atoms with Crippen molar-refractivity contribution in [1.82, 2.24) is 0 Å². The van der Waals surface area contributed by atoms with Crippen LogP contribution in [0.1, 0.15) is 27.2 Å². The van der Waals surface area contributed by atoms with Crippen molar-refractivity contribution in [1.29, 1.82) is 0 Å². The minimum Gasteiger partial charge on any atom is -0.419 e. The fourth-order valence-electron chi connectivity index (χ4n) is 0.575. The van der Waals surface area contributed by atoms with Gasteiger partial charge in [-0.2, -0.15) is 0 Å². The highest BCUT2D eigenvalue weighted by molar-refractivity contribution is 9.09. The first-order chi connectivity index (χ1) is 4.56. The van der Waals surface area contributed by atoms with Gasteiger partial charge in [0.2, 0.25) is 0 Å². The van der Waals surface area contributed by atoms with Gasteiger partial charge in [0.15, 0.2) is 9.76 Å². The van der Waals surface area contributed by atoms with Gasteiger partial charge in [0.05, 0.1) is 0 Å². The van der Waals surface area contributed by atoms with Crippen molar-refractivity contribution < 1.29 is 4.43 Å². The third kappa shape index (κ3) is 8.66. The minimum absolute atomic E-state index is 0.0958. The van der Waals surface area contributed by atoms with Crippen molar-refractivity contribution in [3.05, 3.63) is 0 Å². The fraction of sp³-hybridized carbons (Fsp3) is 1.00. The molecule has 0 amide bonds. The molecule has 0 heterocycles. The van der Waals surface area contributed by atoms with E-state index in [9.17, 15) is 0 Å². The lowest BCUT2D eigenvalue weighted by molar-refractivity contribution is 0.138. The Morgan fingerprint density at radius 2 is 2.00 bits per heavy atom. The van der Waals surface area contributed by atoms with Crippen LogP contribution in [0, 0.1) is 0 Å². The Hall–Kier alpha value is 0.657. The van der Waals surface area contributed by atoms with E-state index in [0.717, 1.165) is 5.33 Å². The second-order valence-corrected chi connectivity index (χ2v) is 5.55. The van der Waals surface area contributed by atoms with E-state index in [1.165, 1.54) is 12.5 Å². The van der Waals surface area contributed by atoms with Crippen molar-refractivity contribution in [3.63, 3.8) is 0 Å². The van der Waals surface area contributed by atoms with Crippen LogP contribution >= 0.6 is 15.9 Å². The second kappa shape index (κ2) is 5.33. The monoisotopic (exact) mass is 224 g/mol. The predicted molar refractivity (Wildman–Crippen MR) is 52.6 cm³/mol. The summed E-state index contributed by atoms with van der Waals surface area (Å²) in [7, 11) is -0.234. The first-order valence-corrected chi connectivity index (χ1v) is 6.46. The number of hydrogen-bond acceptors (Lipinski definition) is 1. The number of hydrogen-bond donors (Lipinski definition) is 0. The molecule has 10 heavy (non-hydrogen) atoms. The van der Waals surface area contributed by atoms with E-state index in [2.05, 4.69) is 36.7 Å². The lowest BCUT2D eigenvalue weighted by atomic mass is 10.2. The Morgan fingerprint density at radius 3 is 2.40 bits per heavy atom. The van der Waals surface area contributed by atoms with Crippen molar-refractivity contribution in [2.24, 2.45) is 0 Å². The number of halogens is 1. The van der Waals surface area contributed by atoms with Crippen molar-refractivity contribution >= 4 is 25.7 Å². The molecule has 0 atom stereocenters. The summed E-state index contributed by atoms with van der Waals surface area (Å²) in [5.41, 5.74) is 0.0958. The summed E-state index contributed by atoms with van der Waals surface area (Å²) in [5.74, 6) is 0. The molecule has 0 radical (unpaired) electrons. The smallest absolute Gasteiger partial charge is 0.162 e. The van der Waals surface area contributed by atoms with E-state index < -0.39 is 0 Å². The Labute approximate surface area is 74.6 Å². The van der Waals surface area contributed by atoms with Gasteiger partial charge in [0.25, 0.3) is 0 Å².